The van der Waals surface area contributed by atoms with Gasteiger partial charge in [-0.1, -0.05) is 18.2 Å². The van der Waals surface area contributed by atoms with E-state index in [1.54, 1.807) is 0 Å². The van der Waals surface area contributed by atoms with Crippen molar-refractivity contribution >= 4 is 11.6 Å². The lowest BCUT2D eigenvalue weighted by molar-refractivity contribution is -0.119. The van der Waals surface area contributed by atoms with Crippen molar-refractivity contribution in [2.24, 2.45) is 5.73 Å². The Bertz CT molecular complexity index is 462. The fourth-order valence-corrected chi connectivity index (χ4v) is 2.62. The molecule has 1 aliphatic rings. The standard InChI is InChI=1S/C16H24N2O/c1-12-8-9-13-6-4-5-7-14(13)18(12)15(19)10-11-16(2,3)17/h4-7,12H,8-11,17H2,1-3H3. The summed E-state index contributed by atoms with van der Waals surface area (Å²) >= 11 is 0. The predicted molar refractivity (Wildman–Crippen MR) is 79.2 cm³/mol. The van der Waals surface area contributed by atoms with Crippen LogP contribution in [0.2, 0.25) is 0 Å². The first-order chi connectivity index (χ1) is 8.88. The Morgan fingerprint density at radius 1 is 1.42 bits per heavy atom. The van der Waals surface area contributed by atoms with Gasteiger partial charge in [-0.2, -0.15) is 0 Å². The van der Waals surface area contributed by atoms with Gasteiger partial charge >= 0.3 is 0 Å². The minimum absolute atomic E-state index is 0.193. The number of nitrogens with two attached hydrogens (primary N) is 1. The molecular weight excluding hydrogens is 236 g/mol. The van der Waals surface area contributed by atoms with Crippen LogP contribution in [0, 0.1) is 0 Å². The van der Waals surface area contributed by atoms with E-state index in [0.717, 1.165) is 24.9 Å². The summed E-state index contributed by atoms with van der Waals surface area (Å²) in [6.07, 6.45) is 3.33. The molecule has 1 amide bonds. The second kappa shape index (κ2) is 5.33. The van der Waals surface area contributed by atoms with Gasteiger partial charge in [-0.05, 0) is 51.7 Å². The van der Waals surface area contributed by atoms with Gasteiger partial charge in [-0.25, -0.2) is 0 Å². The largest absolute Gasteiger partial charge is 0.326 e. The van der Waals surface area contributed by atoms with E-state index < -0.39 is 0 Å². The molecular formula is C16H24N2O. The zero-order chi connectivity index (χ0) is 14.0. The maximum atomic E-state index is 12.5. The third-order valence-corrected chi connectivity index (χ3v) is 3.78. The summed E-state index contributed by atoms with van der Waals surface area (Å²) in [5.41, 5.74) is 8.05. The quantitative estimate of drug-likeness (QED) is 0.908. The van der Waals surface area contributed by atoms with E-state index in [0.29, 0.717) is 6.42 Å². The summed E-state index contributed by atoms with van der Waals surface area (Å²) < 4.78 is 0. The normalized spacial score (nSPS) is 19.2. The van der Waals surface area contributed by atoms with E-state index in [-0.39, 0.29) is 17.5 Å². The first-order valence-corrected chi connectivity index (χ1v) is 7.07. The SMILES string of the molecule is CC1CCc2ccccc2N1C(=O)CCC(C)(C)N. The predicted octanol–water partition coefficient (Wildman–Crippen LogP) is 2.87. The number of carbonyl (C=O) groups excluding carboxylic acids is 1. The van der Waals surface area contributed by atoms with Gasteiger partial charge in [0.15, 0.2) is 0 Å². The molecule has 0 fully saturated rings. The molecule has 0 aliphatic carbocycles. The fraction of sp³-hybridized carbons (Fsp3) is 0.562. The topological polar surface area (TPSA) is 46.3 Å². The van der Waals surface area contributed by atoms with Crippen molar-refractivity contribution in [3.63, 3.8) is 0 Å². The molecule has 3 heteroatoms. The minimum atomic E-state index is -0.284. The van der Waals surface area contributed by atoms with Crippen LogP contribution in [-0.4, -0.2) is 17.5 Å². The molecule has 19 heavy (non-hydrogen) atoms. The molecule has 0 aromatic heterocycles. The van der Waals surface area contributed by atoms with Gasteiger partial charge in [-0.3, -0.25) is 4.79 Å². The van der Waals surface area contributed by atoms with Crippen molar-refractivity contribution in [1.82, 2.24) is 0 Å². The number of hydrogen-bond donors (Lipinski definition) is 1. The molecule has 2 N–H and O–H groups in total. The highest BCUT2D eigenvalue weighted by Gasteiger charge is 2.28. The van der Waals surface area contributed by atoms with Crippen molar-refractivity contribution in [3.05, 3.63) is 29.8 Å². The van der Waals surface area contributed by atoms with Gasteiger partial charge in [0.05, 0.1) is 0 Å². The van der Waals surface area contributed by atoms with Crippen LogP contribution in [0.3, 0.4) is 0 Å². The van der Waals surface area contributed by atoms with E-state index in [9.17, 15) is 4.79 Å². The number of hydrogen-bond acceptors (Lipinski definition) is 2. The number of carbonyl (C=O) groups is 1. The Balaban J connectivity index is 2.17. The summed E-state index contributed by atoms with van der Waals surface area (Å²) in [5.74, 6) is 0.193. The van der Waals surface area contributed by atoms with Crippen molar-refractivity contribution in [2.75, 3.05) is 4.90 Å². The van der Waals surface area contributed by atoms with Crippen LogP contribution < -0.4 is 10.6 Å². The fourth-order valence-electron chi connectivity index (χ4n) is 2.62. The second-order valence-electron chi connectivity index (χ2n) is 6.27. The highest BCUT2D eigenvalue weighted by molar-refractivity contribution is 5.95. The average Bonchev–Trinajstić information content (AvgIpc) is 2.35. The Morgan fingerprint density at radius 3 is 2.79 bits per heavy atom. The molecule has 0 saturated carbocycles. The number of amides is 1. The number of para-hydroxylation sites is 1. The smallest absolute Gasteiger partial charge is 0.227 e. The molecule has 104 valence electrons. The van der Waals surface area contributed by atoms with Crippen molar-refractivity contribution in [2.45, 2.75) is 58.0 Å². The Hall–Kier alpha value is -1.35. The third kappa shape index (κ3) is 3.35. The lowest BCUT2D eigenvalue weighted by Crippen LogP contribution is -2.43. The first kappa shape index (κ1) is 14.1. The first-order valence-electron chi connectivity index (χ1n) is 7.07. The minimum Gasteiger partial charge on any atom is -0.326 e. The summed E-state index contributed by atoms with van der Waals surface area (Å²) in [6.45, 7) is 6.06. The van der Waals surface area contributed by atoms with Gasteiger partial charge in [0.25, 0.3) is 0 Å². The van der Waals surface area contributed by atoms with Gasteiger partial charge in [0, 0.05) is 23.7 Å². The molecule has 0 saturated heterocycles. The monoisotopic (exact) mass is 260 g/mol. The molecule has 1 aliphatic heterocycles. The second-order valence-corrected chi connectivity index (χ2v) is 6.27. The van der Waals surface area contributed by atoms with Crippen LogP contribution in [0.4, 0.5) is 5.69 Å². The average molecular weight is 260 g/mol. The lowest BCUT2D eigenvalue weighted by Gasteiger charge is -2.36. The number of aryl methyl sites for hydroxylation is 1. The highest BCUT2D eigenvalue weighted by Crippen LogP contribution is 2.31. The molecule has 1 unspecified atom stereocenters. The van der Waals surface area contributed by atoms with Gasteiger partial charge in [-0.15, -0.1) is 0 Å². The highest BCUT2D eigenvalue weighted by atomic mass is 16.2. The molecule has 1 aromatic carbocycles. The summed E-state index contributed by atoms with van der Waals surface area (Å²) in [5, 5.41) is 0. The lowest BCUT2D eigenvalue weighted by atomic mass is 9.94. The van der Waals surface area contributed by atoms with Gasteiger partial charge in [0.1, 0.15) is 0 Å². The van der Waals surface area contributed by atoms with Gasteiger partial charge in [0.2, 0.25) is 5.91 Å². The Labute approximate surface area is 115 Å². The van der Waals surface area contributed by atoms with E-state index in [1.165, 1.54) is 5.56 Å². The van der Waals surface area contributed by atoms with Crippen molar-refractivity contribution in [1.29, 1.82) is 0 Å². The van der Waals surface area contributed by atoms with Crippen molar-refractivity contribution < 1.29 is 4.79 Å². The molecule has 0 bridgehead atoms. The van der Waals surface area contributed by atoms with Crippen LogP contribution >= 0.6 is 0 Å². The molecule has 0 spiro atoms. The van der Waals surface area contributed by atoms with Crippen molar-refractivity contribution in [3.8, 4) is 0 Å². The summed E-state index contributed by atoms with van der Waals surface area (Å²) in [4.78, 5) is 14.5. The van der Waals surface area contributed by atoms with Crippen LogP contribution in [0.25, 0.3) is 0 Å². The maximum absolute atomic E-state index is 12.5. The summed E-state index contributed by atoms with van der Waals surface area (Å²) in [7, 11) is 0. The number of nitrogens with zero attached hydrogens (tertiary/aromatic N) is 1. The van der Waals surface area contributed by atoms with Crippen LogP contribution in [-0.2, 0) is 11.2 Å². The molecule has 0 radical (unpaired) electrons. The summed E-state index contributed by atoms with van der Waals surface area (Å²) in [6, 6.07) is 8.50. The third-order valence-electron chi connectivity index (χ3n) is 3.78. The van der Waals surface area contributed by atoms with E-state index >= 15 is 0 Å². The van der Waals surface area contributed by atoms with E-state index in [1.807, 2.05) is 30.9 Å². The molecule has 3 nitrogen and oxygen atoms in total. The zero-order valence-corrected chi connectivity index (χ0v) is 12.1. The van der Waals surface area contributed by atoms with E-state index in [4.69, 9.17) is 5.73 Å². The molecule has 1 atom stereocenters. The number of benzene rings is 1. The molecule has 1 heterocycles. The number of anilines is 1. The zero-order valence-electron chi connectivity index (χ0n) is 12.1. The molecule has 2 rings (SSSR count). The Kier molecular flexibility index (Phi) is 3.95. The number of fused-ring (bicyclic) bond motifs is 1. The van der Waals surface area contributed by atoms with Gasteiger partial charge < -0.3 is 10.6 Å². The number of rotatable bonds is 3. The molecule has 1 aromatic rings. The van der Waals surface area contributed by atoms with E-state index in [2.05, 4.69) is 19.1 Å². The van der Waals surface area contributed by atoms with Crippen LogP contribution in [0.1, 0.15) is 45.6 Å². The van der Waals surface area contributed by atoms with Crippen LogP contribution in [0.5, 0.6) is 0 Å². The Morgan fingerprint density at radius 2 is 2.11 bits per heavy atom. The maximum Gasteiger partial charge on any atom is 0.227 e. The van der Waals surface area contributed by atoms with Crippen LogP contribution in [0.15, 0.2) is 24.3 Å².